The second-order valence-corrected chi connectivity index (χ2v) is 4.16. The number of halogens is 1. The average molecular weight is 239 g/mol. The van der Waals surface area contributed by atoms with Crippen molar-refractivity contribution in [3.63, 3.8) is 0 Å². The van der Waals surface area contributed by atoms with E-state index in [1.807, 2.05) is 19.1 Å². The van der Waals surface area contributed by atoms with Crippen LogP contribution in [0.4, 0.5) is 0 Å². The van der Waals surface area contributed by atoms with Crippen LogP contribution in [0.25, 0.3) is 5.57 Å². The van der Waals surface area contributed by atoms with Crippen molar-refractivity contribution in [2.45, 2.75) is 19.4 Å². The lowest BCUT2D eigenvalue weighted by atomic mass is 10.0. The minimum atomic E-state index is -0.365. The summed E-state index contributed by atoms with van der Waals surface area (Å²) < 4.78 is 1.14. The van der Waals surface area contributed by atoms with Gasteiger partial charge in [0, 0.05) is 4.47 Å². The van der Waals surface area contributed by atoms with Crippen LogP contribution in [0.5, 0.6) is 0 Å². The van der Waals surface area contributed by atoms with Gasteiger partial charge in [0.1, 0.15) is 0 Å². The zero-order valence-corrected chi connectivity index (χ0v) is 9.01. The highest BCUT2D eigenvalue weighted by Gasteiger charge is 2.18. The van der Waals surface area contributed by atoms with Gasteiger partial charge in [0.15, 0.2) is 0 Å². The fourth-order valence-corrected chi connectivity index (χ4v) is 2.28. The second kappa shape index (κ2) is 3.28. The van der Waals surface area contributed by atoms with E-state index in [0.717, 1.165) is 16.5 Å². The predicted molar refractivity (Wildman–Crippen MR) is 57.5 cm³/mol. The molecule has 1 aromatic rings. The summed E-state index contributed by atoms with van der Waals surface area (Å²) in [6, 6.07) is 6.10. The molecule has 0 saturated carbocycles. The van der Waals surface area contributed by atoms with Gasteiger partial charge in [-0.2, -0.15) is 0 Å². The van der Waals surface area contributed by atoms with Crippen LogP contribution in [0.15, 0.2) is 28.7 Å². The SMILES string of the molecule is CC(O)C1=CCc2c(Br)cccc21. The number of benzene rings is 1. The Bertz CT molecular complexity index is 366. The van der Waals surface area contributed by atoms with Crippen LogP contribution in [0.2, 0.25) is 0 Å². The van der Waals surface area contributed by atoms with Crippen LogP contribution in [-0.2, 0) is 6.42 Å². The zero-order valence-electron chi connectivity index (χ0n) is 7.42. The molecule has 2 heteroatoms. The molecule has 2 rings (SSSR count). The van der Waals surface area contributed by atoms with Gasteiger partial charge in [0.2, 0.25) is 0 Å². The summed E-state index contributed by atoms with van der Waals surface area (Å²) in [6.07, 6.45) is 2.66. The summed E-state index contributed by atoms with van der Waals surface area (Å²) in [6.45, 7) is 1.81. The topological polar surface area (TPSA) is 20.2 Å². The highest BCUT2D eigenvalue weighted by Crippen LogP contribution is 2.34. The standard InChI is InChI=1S/C11H11BrO/c1-7(13)8-5-6-10-9(8)3-2-4-11(10)12/h2-5,7,13H,6H2,1H3. The van der Waals surface area contributed by atoms with Crippen molar-refractivity contribution in [1.29, 1.82) is 0 Å². The third-order valence-electron chi connectivity index (χ3n) is 2.41. The first-order valence-electron chi connectivity index (χ1n) is 4.36. The molecule has 0 heterocycles. The molecule has 1 nitrogen and oxygen atoms in total. The monoisotopic (exact) mass is 238 g/mol. The Kier molecular flexibility index (Phi) is 2.26. The molecule has 68 valence electrons. The molecule has 0 fully saturated rings. The van der Waals surface area contributed by atoms with Crippen LogP contribution in [0, 0.1) is 0 Å². The van der Waals surface area contributed by atoms with Crippen LogP contribution in [0.3, 0.4) is 0 Å². The van der Waals surface area contributed by atoms with Crippen molar-refractivity contribution in [3.05, 3.63) is 39.9 Å². The molecule has 1 aromatic carbocycles. The zero-order chi connectivity index (χ0) is 9.42. The Labute approximate surface area is 86.2 Å². The van der Waals surface area contributed by atoms with E-state index in [2.05, 4.69) is 28.1 Å². The van der Waals surface area contributed by atoms with Crippen molar-refractivity contribution in [3.8, 4) is 0 Å². The van der Waals surface area contributed by atoms with E-state index >= 15 is 0 Å². The number of hydrogen-bond acceptors (Lipinski definition) is 1. The van der Waals surface area contributed by atoms with Crippen molar-refractivity contribution in [1.82, 2.24) is 0 Å². The highest BCUT2D eigenvalue weighted by atomic mass is 79.9. The van der Waals surface area contributed by atoms with Crippen molar-refractivity contribution in [2.24, 2.45) is 0 Å². The van der Waals surface area contributed by atoms with E-state index in [1.165, 1.54) is 11.1 Å². The lowest BCUT2D eigenvalue weighted by molar-refractivity contribution is 0.253. The molecule has 0 aromatic heterocycles. The van der Waals surface area contributed by atoms with Crippen molar-refractivity contribution < 1.29 is 5.11 Å². The Morgan fingerprint density at radius 2 is 2.23 bits per heavy atom. The number of allylic oxidation sites excluding steroid dienone is 1. The maximum atomic E-state index is 9.51. The minimum Gasteiger partial charge on any atom is -0.389 e. The summed E-state index contributed by atoms with van der Waals surface area (Å²) in [5.74, 6) is 0. The fourth-order valence-electron chi connectivity index (χ4n) is 1.75. The number of rotatable bonds is 1. The normalized spacial score (nSPS) is 16.7. The van der Waals surface area contributed by atoms with Crippen molar-refractivity contribution in [2.75, 3.05) is 0 Å². The Hall–Kier alpha value is -0.600. The summed E-state index contributed by atoms with van der Waals surface area (Å²) in [5, 5.41) is 9.51. The predicted octanol–water partition coefficient (Wildman–Crippen LogP) is 2.77. The second-order valence-electron chi connectivity index (χ2n) is 3.31. The quantitative estimate of drug-likeness (QED) is 0.798. The highest BCUT2D eigenvalue weighted by molar-refractivity contribution is 9.10. The fraction of sp³-hybridized carbons (Fsp3) is 0.273. The first kappa shape index (κ1) is 8.97. The molecule has 1 aliphatic rings. The van der Waals surface area contributed by atoms with Crippen LogP contribution >= 0.6 is 15.9 Å². The summed E-state index contributed by atoms with van der Waals surface area (Å²) in [7, 11) is 0. The van der Waals surface area contributed by atoms with Gasteiger partial charge in [0.05, 0.1) is 6.10 Å². The number of fused-ring (bicyclic) bond motifs is 1. The van der Waals surface area contributed by atoms with E-state index in [0.29, 0.717) is 0 Å². The van der Waals surface area contributed by atoms with E-state index < -0.39 is 0 Å². The molecule has 0 spiro atoms. The number of aliphatic hydroxyl groups excluding tert-OH is 1. The molecule has 0 amide bonds. The van der Waals surface area contributed by atoms with Gasteiger partial charge in [-0.05, 0) is 36.1 Å². The van der Waals surface area contributed by atoms with Crippen LogP contribution in [-0.4, -0.2) is 11.2 Å². The smallest absolute Gasteiger partial charge is 0.0764 e. The van der Waals surface area contributed by atoms with Gasteiger partial charge in [-0.3, -0.25) is 0 Å². The molecule has 0 bridgehead atoms. The first-order valence-corrected chi connectivity index (χ1v) is 5.15. The third-order valence-corrected chi connectivity index (χ3v) is 3.15. The lowest BCUT2D eigenvalue weighted by Crippen LogP contribution is -2.01. The Morgan fingerprint density at radius 1 is 1.46 bits per heavy atom. The molecular weight excluding hydrogens is 228 g/mol. The van der Waals surface area contributed by atoms with Gasteiger partial charge in [-0.1, -0.05) is 34.1 Å². The van der Waals surface area contributed by atoms with E-state index in [1.54, 1.807) is 0 Å². The molecule has 1 aliphatic carbocycles. The van der Waals surface area contributed by atoms with Gasteiger partial charge in [0.25, 0.3) is 0 Å². The molecule has 0 radical (unpaired) electrons. The average Bonchev–Trinajstić information content (AvgIpc) is 2.48. The van der Waals surface area contributed by atoms with E-state index in [9.17, 15) is 5.11 Å². The lowest BCUT2D eigenvalue weighted by Gasteiger charge is -2.08. The summed E-state index contributed by atoms with van der Waals surface area (Å²) >= 11 is 3.51. The third kappa shape index (κ3) is 1.45. The van der Waals surface area contributed by atoms with Crippen LogP contribution < -0.4 is 0 Å². The Balaban J connectivity index is 2.50. The van der Waals surface area contributed by atoms with E-state index in [-0.39, 0.29) is 6.10 Å². The molecule has 13 heavy (non-hydrogen) atoms. The molecule has 0 saturated heterocycles. The molecule has 1 N–H and O–H groups in total. The van der Waals surface area contributed by atoms with Crippen LogP contribution in [0.1, 0.15) is 18.1 Å². The van der Waals surface area contributed by atoms with Gasteiger partial charge >= 0.3 is 0 Å². The molecule has 0 aliphatic heterocycles. The summed E-state index contributed by atoms with van der Waals surface area (Å²) in [5.41, 5.74) is 3.53. The number of aliphatic hydroxyl groups is 1. The Morgan fingerprint density at radius 3 is 2.92 bits per heavy atom. The molecule has 1 atom stereocenters. The largest absolute Gasteiger partial charge is 0.389 e. The maximum Gasteiger partial charge on any atom is 0.0764 e. The van der Waals surface area contributed by atoms with E-state index in [4.69, 9.17) is 0 Å². The maximum absolute atomic E-state index is 9.51. The van der Waals surface area contributed by atoms with Gasteiger partial charge in [-0.25, -0.2) is 0 Å². The van der Waals surface area contributed by atoms with Gasteiger partial charge in [-0.15, -0.1) is 0 Å². The first-order chi connectivity index (χ1) is 6.20. The summed E-state index contributed by atoms with van der Waals surface area (Å²) in [4.78, 5) is 0. The van der Waals surface area contributed by atoms with Gasteiger partial charge < -0.3 is 5.11 Å². The molecule has 1 unspecified atom stereocenters. The molecular formula is C11H11BrO. The number of hydrogen-bond donors (Lipinski definition) is 1. The van der Waals surface area contributed by atoms with Crippen molar-refractivity contribution >= 4 is 21.5 Å². The minimum absolute atomic E-state index is 0.365.